The van der Waals surface area contributed by atoms with E-state index in [1.54, 1.807) is 30.3 Å². The van der Waals surface area contributed by atoms with Gasteiger partial charge in [0, 0.05) is 12.1 Å². The van der Waals surface area contributed by atoms with E-state index in [1.165, 1.54) is 18.2 Å². The first kappa shape index (κ1) is 19.4. The number of amides is 1. The van der Waals surface area contributed by atoms with Gasteiger partial charge >= 0.3 is 5.97 Å². The molecular weight excluding hydrogens is 341 g/mol. The second kappa shape index (κ2) is 9.53. The van der Waals surface area contributed by atoms with E-state index in [0.717, 1.165) is 0 Å². The zero-order valence-electron chi connectivity index (χ0n) is 14.0. The molecule has 0 saturated heterocycles. The van der Waals surface area contributed by atoms with Crippen LogP contribution in [0.1, 0.15) is 30.9 Å². The molecule has 2 aromatic rings. The minimum atomic E-state index is -1.09. The fraction of sp³-hybridized carbons (Fsp3) is 0.263. The van der Waals surface area contributed by atoms with E-state index in [1.807, 2.05) is 0 Å². The molecule has 2 rings (SSSR count). The highest BCUT2D eigenvalue weighted by Gasteiger charge is 2.14. The number of carbonyl (C=O) groups excluding carboxylic acids is 1. The minimum Gasteiger partial charge on any atom is -0.494 e. The predicted molar refractivity (Wildman–Crippen MR) is 93.4 cm³/mol. The van der Waals surface area contributed by atoms with Gasteiger partial charge in [-0.25, -0.2) is 4.39 Å². The Hall–Kier alpha value is -2.93. The second-order valence-electron chi connectivity index (χ2n) is 5.69. The molecule has 3 N–H and O–H groups in total. The summed E-state index contributed by atoms with van der Waals surface area (Å²) in [6, 6.07) is 12.1. The quantitative estimate of drug-likeness (QED) is 0.597. The van der Waals surface area contributed by atoms with Gasteiger partial charge in [0.2, 0.25) is 5.91 Å². The average molecular weight is 361 g/mol. The number of hydrogen-bond donors (Lipinski definition) is 3. The summed E-state index contributed by atoms with van der Waals surface area (Å²) >= 11 is 0. The fourth-order valence-corrected chi connectivity index (χ4v) is 2.27. The molecule has 0 bridgehead atoms. The predicted octanol–water partition coefficient (Wildman–Crippen LogP) is 3.13. The standard InChI is InChI=1S/C19H20FNO5/c20-14-4-1-3-13(11-14)17(22)12-18(23)21-15-6-8-16(9-7-15)26-10-2-5-19(24)25/h1,3-4,6-9,11,17,22H,2,5,10,12H2,(H,21,23)(H,24,25). The monoisotopic (exact) mass is 361 g/mol. The number of carbonyl (C=O) groups is 2. The van der Waals surface area contributed by atoms with Crippen LogP contribution < -0.4 is 10.1 Å². The Balaban J connectivity index is 1.80. The first-order chi connectivity index (χ1) is 12.4. The highest BCUT2D eigenvalue weighted by molar-refractivity contribution is 5.91. The summed E-state index contributed by atoms with van der Waals surface area (Å²) < 4.78 is 18.5. The number of carboxylic acids is 1. The van der Waals surface area contributed by atoms with Gasteiger partial charge in [-0.1, -0.05) is 12.1 Å². The van der Waals surface area contributed by atoms with Gasteiger partial charge in [0.15, 0.2) is 0 Å². The summed E-state index contributed by atoms with van der Waals surface area (Å²) in [7, 11) is 0. The van der Waals surface area contributed by atoms with Crippen LogP contribution in [0.5, 0.6) is 5.75 Å². The summed E-state index contributed by atoms with van der Waals surface area (Å²) in [5, 5.41) is 21.2. The summed E-state index contributed by atoms with van der Waals surface area (Å²) in [5.74, 6) is -1.18. The number of nitrogens with one attached hydrogen (secondary N) is 1. The molecule has 0 saturated carbocycles. The molecular formula is C19H20FNO5. The number of aliphatic carboxylic acids is 1. The summed E-state index contributed by atoms with van der Waals surface area (Å²) in [4.78, 5) is 22.4. The van der Waals surface area contributed by atoms with Gasteiger partial charge in [-0.3, -0.25) is 9.59 Å². The van der Waals surface area contributed by atoms with Crippen LogP contribution in [-0.4, -0.2) is 28.7 Å². The van der Waals surface area contributed by atoms with Crippen molar-refractivity contribution >= 4 is 17.6 Å². The largest absolute Gasteiger partial charge is 0.494 e. The van der Waals surface area contributed by atoms with E-state index < -0.39 is 23.8 Å². The molecule has 2 aromatic carbocycles. The molecule has 6 nitrogen and oxygen atoms in total. The molecule has 1 atom stereocenters. The molecule has 0 aliphatic rings. The van der Waals surface area contributed by atoms with Gasteiger partial charge in [0.05, 0.1) is 19.1 Å². The van der Waals surface area contributed by atoms with Crippen LogP contribution in [0.4, 0.5) is 10.1 Å². The summed E-state index contributed by atoms with van der Waals surface area (Å²) in [5.41, 5.74) is 0.865. The first-order valence-electron chi connectivity index (χ1n) is 8.12. The Morgan fingerprint density at radius 3 is 2.54 bits per heavy atom. The third kappa shape index (κ3) is 6.52. The van der Waals surface area contributed by atoms with Crippen LogP contribution in [0.25, 0.3) is 0 Å². The lowest BCUT2D eigenvalue weighted by molar-refractivity contribution is -0.137. The maximum Gasteiger partial charge on any atom is 0.303 e. The van der Waals surface area contributed by atoms with Crippen molar-refractivity contribution in [3.63, 3.8) is 0 Å². The molecule has 1 unspecified atom stereocenters. The number of halogens is 1. The Bertz CT molecular complexity index is 748. The van der Waals surface area contributed by atoms with Crippen molar-refractivity contribution < 1.29 is 28.9 Å². The van der Waals surface area contributed by atoms with E-state index in [0.29, 0.717) is 23.4 Å². The van der Waals surface area contributed by atoms with Crippen molar-refractivity contribution in [3.8, 4) is 5.75 Å². The van der Waals surface area contributed by atoms with Crippen LogP contribution in [0.2, 0.25) is 0 Å². The molecule has 0 aliphatic carbocycles. The van der Waals surface area contributed by atoms with Gasteiger partial charge < -0.3 is 20.3 Å². The molecule has 0 aromatic heterocycles. The Labute approximate surface area is 150 Å². The van der Waals surface area contributed by atoms with Crippen molar-refractivity contribution in [1.82, 2.24) is 0 Å². The SMILES string of the molecule is O=C(O)CCCOc1ccc(NC(=O)CC(O)c2cccc(F)c2)cc1. The van der Waals surface area contributed by atoms with Gasteiger partial charge in [0.25, 0.3) is 0 Å². The number of anilines is 1. The molecule has 138 valence electrons. The van der Waals surface area contributed by atoms with E-state index in [2.05, 4.69) is 5.32 Å². The van der Waals surface area contributed by atoms with Crippen molar-refractivity contribution in [2.75, 3.05) is 11.9 Å². The van der Waals surface area contributed by atoms with E-state index in [-0.39, 0.29) is 19.4 Å². The summed E-state index contributed by atoms with van der Waals surface area (Å²) in [6.07, 6.45) is -0.840. The maximum atomic E-state index is 13.1. The highest BCUT2D eigenvalue weighted by Crippen LogP contribution is 2.20. The molecule has 0 aliphatic heterocycles. The van der Waals surface area contributed by atoms with Crippen LogP contribution in [-0.2, 0) is 9.59 Å². The first-order valence-corrected chi connectivity index (χ1v) is 8.12. The Morgan fingerprint density at radius 2 is 1.88 bits per heavy atom. The number of aliphatic hydroxyl groups excluding tert-OH is 1. The molecule has 1 amide bonds. The molecule has 0 radical (unpaired) electrons. The molecule has 0 spiro atoms. The van der Waals surface area contributed by atoms with E-state index in [9.17, 15) is 19.1 Å². The van der Waals surface area contributed by atoms with Crippen LogP contribution in [0.15, 0.2) is 48.5 Å². The average Bonchev–Trinajstić information content (AvgIpc) is 2.60. The Morgan fingerprint density at radius 1 is 1.15 bits per heavy atom. The smallest absolute Gasteiger partial charge is 0.303 e. The number of benzene rings is 2. The van der Waals surface area contributed by atoms with Gasteiger partial charge in [0.1, 0.15) is 11.6 Å². The highest BCUT2D eigenvalue weighted by atomic mass is 19.1. The van der Waals surface area contributed by atoms with Gasteiger partial charge in [-0.15, -0.1) is 0 Å². The zero-order chi connectivity index (χ0) is 18.9. The number of aliphatic hydroxyl groups is 1. The van der Waals surface area contributed by atoms with Crippen molar-refractivity contribution in [2.45, 2.75) is 25.4 Å². The molecule has 7 heteroatoms. The number of ether oxygens (including phenoxy) is 1. The fourth-order valence-electron chi connectivity index (χ4n) is 2.27. The zero-order valence-corrected chi connectivity index (χ0v) is 14.0. The van der Waals surface area contributed by atoms with Crippen LogP contribution in [0, 0.1) is 5.82 Å². The normalized spacial score (nSPS) is 11.6. The lowest BCUT2D eigenvalue weighted by atomic mass is 10.1. The topological polar surface area (TPSA) is 95.9 Å². The molecule has 26 heavy (non-hydrogen) atoms. The second-order valence-corrected chi connectivity index (χ2v) is 5.69. The lowest BCUT2D eigenvalue weighted by Gasteiger charge is -2.12. The van der Waals surface area contributed by atoms with Gasteiger partial charge in [-0.2, -0.15) is 0 Å². The lowest BCUT2D eigenvalue weighted by Crippen LogP contribution is -2.15. The van der Waals surface area contributed by atoms with Crippen molar-refractivity contribution in [2.24, 2.45) is 0 Å². The molecule has 0 fully saturated rings. The number of carboxylic acid groups (broad SMARTS) is 1. The minimum absolute atomic E-state index is 0.0434. The van der Waals surface area contributed by atoms with Gasteiger partial charge in [-0.05, 0) is 48.4 Å². The molecule has 0 heterocycles. The van der Waals surface area contributed by atoms with Crippen LogP contribution >= 0.6 is 0 Å². The number of rotatable bonds is 9. The summed E-state index contributed by atoms with van der Waals surface area (Å²) in [6.45, 7) is 0.290. The van der Waals surface area contributed by atoms with Crippen molar-refractivity contribution in [1.29, 1.82) is 0 Å². The number of hydrogen-bond acceptors (Lipinski definition) is 4. The van der Waals surface area contributed by atoms with E-state index >= 15 is 0 Å². The van der Waals surface area contributed by atoms with Crippen LogP contribution in [0.3, 0.4) is 0 Å². The third-order valence-electron chi connectivity index (χ3n) is 3.55. The maximum absolute atomic E-state index is 13.1. The van der Waals surface area contributed by atoms with Crippen molar-refractivity contribution in [3.05, 3.63) is 59.9 Å². The van der Waals surface area contributed by atoms with E-state index in [4.69, 9.17) is 9.84 Å². The third-order valence-corrected chi connectivity index (χ3v) is 3.55. The Kier molecular flexibility index (Phi) is 7.11.